The van der Waals surface area contributed by atoms with Gasteiger partial charge in [-0.1, -0.05) is 0 Å². The second kappa shape index (κ2) is 5.05. The molecule has 3 rings (SSSR count). The van der Waals surface area contributed by atoms with Crippen LogP contribution in [-0.4, -0.2) is 10.9 Å². The SMILES string of the molecule is Nc1nc(CC(=O)NC2CCCc3occc32)cs1. The first-order chi connectivity index (χ1) is 9.22. The van der Waals surface area contributed by atoms with Gasteiger partial charge in [-0.2, -0.15) is 0 Å². The van der Waals surface area contributed by atoms with Gasteiger partial charge in [0.05, 0.1) is 24.4 Å². The zero-order valence-electron chi connectivity index (χ0n) is 10.4. The molecule has 2 heterocycles. The van der Waals surface area contributed by atoms with Crippen molar-refractivity contribution in [1.82, 2.24) is 10.3 Å². The van der Waals surface area contributed by atoms with Crippen LogP contribution in [0.4, 0.5) is 5.13 Å². The lowest BCUT2D eigenvalue weighted by molar-refractivity contribution is -0.121. The molecule has 0 aromatic carbocycles. The van der Waals surface area contributed by atoms with E-state index in [1.165, 1.54) is 11.3 Å². The predicted molar refractivity (Wildman–Crippen MR) is 72.8 cm³/mol. The molecule has 5 nitrogen and oxygen atoms in total. The number of nitrogens with zero attached hydrogens (tertiary/aromatic N) is 1. The van der Waals surface area contributed by atoms with Gasteiger partial charge in [0.2, 0.25) is 5.91 Å². The topological polar surface area (TPSA) is 81.1 Å². The molecule has 0 spiro atoms. The van der Waals surface area contributed by atoms with Gasteiger partial charge in [-0.05, 0) is 18.9 Å². The van der Waals surface area contributed by atoms with Crippen LogP contribution in [0.5, 0.6) is 0 Å². The Morgan fingerprint density at radius 3 is 3.32 bits per heavy atom. The van der Waals surface area contributed by atoms with Crippen LogP contribution < -0.4 is 11.1 Å². The van der Waals surface area contributed by atoms with Crippen molar-refractivity contribution in [3.8, 4) is 0 Å². The number of hydrogen-bond acceptors (Lipinski definition) is 5. The molecule has 3 N–H and O–H groups in total. The fourth-order valence-corrected chi connectivity index (χ4v) is 3.01. The van der Waals surface area contributed by atoms with Crippen LogP contribution >= 0.6 is 11.3 Å². The van der Waals surface area contributed by atoms with Gasteiger partial charge in [-0.3, -0.25) is 4.79 Å². The molecule has 6 heteroatoms. The number of nitrogens with two attached hydrogens (primary N) is 1. The second-order valence-electron chi connectivity index (χ2n) is 4.67. The number of aryl methyl sites for hydroxylation is 1. The molecule has 0 bridgehead atoms. The Morgan fingerprint density at radius 2 is 2.53 bits per heavy atom. The molecule has 100 valence electrons. The van der Waals surface area contributed by atoms with E-state index in [0.717, 1.165) is 36.3 Å². The summed E-state index contributed by atoms with van der Waals surface area (Å²) in [7, 11) is 0. The maximum absolute atomic E-state index is 12.0. The zero-order chi connectivity index (χ0) is 13.2. The highest BCUT2D eigenvalue weighted by atomic mass is 32.1. The first kappa shape index (κ1) is 12.2. The zero-order valence-corrected chi connectivity index (χ0v) is 11.2. The summed E-state index contributed by atoms with van der Waals surface area (Å²) in [5.74, 6) is 0.971. The molecule has 1 amide bonds. The molecule has 1 aliphatic carbocycles. The molecule has 0 saturated carbocycles. The van der Waals surface area contributed by atoms with Gasteiger partial charge in [0.25, 0.3) is 0 Å². The largest absolute Gasteiger partial charge is 0.469 e. The van der Waals surface area contributed by atoms with Crippen molar-refractivity contribution >= 4 is 22.4 Å². The minimum absolute atomic E-state index is 0.0237. The van der Waals surface area contributed by atoms with Crippen LogP contribution in [0.25, 0.3) is 0 Å². The van der Waals surface area contributed by atoms with E-state index < -0.39 is 0 Å². The first-order valence-electron chi connectivity index (χ1n) is 6.28. The van der Waals surface area contributed by atoms with Crippen molar-refractivity contribution in [2.75, 3.05) is 5.73 Å². The van der Waals surface area contributed by atoms with E-state index in [4.69, 9.17) is 10.2 Å². The van der Waals surface area contributed by atoms with Crippen LogP contribution in [0.2, 0.25) is 0 Å². The van der Waals surface area contributed by atoms with E-state index in [0.29, 0.717) is 5.13 Å². The third kappa shape index (κ3) is 2.63. The molecule has 0 aliphatic heterocycles. The van der Waals surface area contributed by atoms with Crippen molar-refractivity contribution in [2.24, 2.45) is 0 Å². The molecule has 0 saturated heterocycles. The van der Waals surface area contributed by atoms with E-state index in [-0.39, 0.29) is 18.4 Å². The van der Waals surface area contributed by atoms with E-state index in [1.807, 2.05) is 11.4 Å². The number of carbonyl (C=O) groups is 1. The number of carbonyl (C=O) groups excluding carboxylic acids is 1. The van der Waals surface area contributed by atoms with Crippen molar-refractivity contribution in [3.63, 3.8) is 0 Å². The van der Waals surface area contributed by atoms with Gasteiger partial charge in [0.15, 0.2) is 5.13 Å². The molecule has 0 radical (unpaired) electrons. The molecule has 1 unspecified atom stereocenters. The molecular weight excluding hydrogens is 262 g/mol. The van der Waals surface area contributed by atoms with Crippen molar-refractivity contribution < 1.29 is 9.21 Å². The minimum Gasteiger partial charge on any atom is -0.469 e. The summed E-state index contributed by atoms with van der Waals surface area (Å²) in [6.45, 7) is 0. The summed E-state index contributed by atoms with van der Waals surface area (Å²) in [5.41, 5.74) is 7.39. The highest BCUT2D eigenvalue weighted by Gasteiger charge is 2.24. The number of nitrogen functional groups attached to an aromatic ring is 1. The van der Waals surface area contributed by atoms with Gasteiger partial charge < -0.3 is 15.5 Å². The number of fused-ring (bicyclic) bond motifs is 1. The van der Waals surface area contributed by atoms with E-state index in [1.54, 1.807) is 6.26 Å². The fraction of sp³-hybridized carbons (Fsp3) is 0.385. The maximum atomic E-state index is 12.0. The fourth-order valence-electron chi connectivity index (χ4n) is 2.45. The van der Waals surface area contributed by atoms with Crippen LogP contribution in [0.1, 0.15) is 35.9 Å². The molecule has 2 aromatic rings. The minimum atomic E-state index is -0.0237. The summed E-state index contributed by atoms with van der Waals surface area (Å²) >= 11 is 1.35. The second-order valence-corrected chi connectivity index (χ2v) is 5.55. The van der Waals surface area contributed by atoms with Crippen molar-refractivity contribution in [1.29, 1.82) is 0 Å². The van der Waals surface area contributed by atoms with Crippen LogP contribution in [0.15, 0.2) is 22.1 Å². The quantitative estimate of drug-likeness (QED) is 0.899. The monoisotopic (exact) mass is 277 g/mol. The number of furan rings is 1. The summed E-state index contributed by atoms with van der Waals surface area (Å²) in [5, 5.41) is 5.36. The Bertz CT molecular complexity index is 590. The Hall–Kier alpha value is -1.82. The van der Waals surface area contributed by atoms with Crippen LogP contribution in [0.3, 0.4) is 0 Å². The van der Waals surface area contributed by atoms with E-state index >= 15 is 0 Å². The highest BCUT2D eigenvalue weighted by molar-refractivity contribution is 7.13. The van der Waals surface area contributed by atoms with Gasteiger partial charge in [-0.25, -0.2) is 4.98 Å². The average molecular weight is 277 g/mol. The number of amides is 1. The first-order valence-corrected chi connectivity index (χ1v) is 7.16. The number of rotatable bonds is 3. The molecule has 1 atom stereocenters. The molecule has 2 aromatic heterocycles. The lowest BCUT2D eigenvalue weighted by Crippen LogP contribution is -2.31. The van der Waals surface area contributed by atoms with Gasteiger partial charge in [0.1, 0.15) is 5.76 Å². The smallest absolute Gasteiger partial charge is 0.226 e. The summed E-state index contributed by atoms with van der Waals surface area (Å²) in [6.07, 6.45) is 4.91. The summed E-state index contributed by atoms with van der Waals surface area (Å²) in [4.78, 5) is 16.1. The van der Waals surface area contributed by atoms with Gasteiger partial charge in [0, 0.05) is 17.4 Å². The Balaban J connectivity index is 1.65. The number of aromatic nitrogens is 1. The van der Waals surface area contributed by atoms with E-state index in [9.17, 15) is 4.79 Å². The van der Waals surface area contributed by atoms with Gasteiger partial charge in [-0.15, -0.1) is 11.3 Å². The van der Waals surface area contributed by atoms with Crippen LogP contribution in [-0.2, 0) is 17.6 Å². The molecule has 0 fully saturated rings. The third-order valence-electron chi connectivity index (χ3n) is 3.30. The summed E-state index contributed by atoms with van der Waals surface area (Å²) < 4.78 is 5.41. The van der Waals surface area contributed by atoms with Crippen molar-refractivity contribution in [2.45, 2.75) is 31.7 Å². The van der Waals surface area contributed by atoms with Crippen LogP contribution in [0, 0.1) is 0 Å². The number of thiazole rings is 1. The maximum Gasteiger partial charge on any atom is 0.226 e. The Kier molecular flexibility index (Phi) is 3.25. The van der Waals surface area contributed by atoms with E-state index in [2.05, 4.69) is 10.3 Å². The highest BCUT2D eigenvalue weighted by Crippen LogP contribution is 2.30. The van der Waals surface area contributed by atoms with Crippen molar-refractivity contribution in [3.05, 3.63) is 34.7 Å². The standard InChI is InChI=1S/C13H15N3O2S/c14-13-15-8(7-19-13)6-12(17)16-10-2-1-3-11-9(10)4-5-18-11/h4-5,7,10H,1-3,6H2,(H2,14,15)(H,16,17). The lowest BCUT2D eigenvalue weighted by atomic mass is 9.93. The Morgan fingerprint density at radius 1 is 1.63 bits per heavy atom. The third-order valence-corrected chi connectivity index (χ3v) is 4.02. The number of hydrogen-bond donors (Lipinski definition) is 2. The molecule has 19 heavy (non-hydrogen) atoms. The predicted octanol–water partition coefficient (Wildman–Crippen LogP) is 2.05. The summed E-state index contributed by atoms with van der Waals surface area (Å²) in [6, 6.07) is 2.01. The lowest BCUT2D eigenvalue weighted by Gasteiger charge is -2.22. The number of anilines is 1. The van der Waals surface area contributed by atoms with Gasteiger partial charge >= 0.3 is 0 Å². The molecule has 1 aliphatic rings. The average Bonchev–Trinajstić information content (AvgIpc) is 2.98. The molecular formula is C13H15N3O2S. The number of nitrogens with one attached hydrogen (secondary N) is 1. The normalized spacial score (nSPS) is 18.0. The Labute approximate surface area is 114 Å².